The number of amides is 3. The summed E-state index contributed by atoms with van der Waals surface area (Å²) in [4.78, 5) is 44.1. The second-order valence-electron chi connectivity index (χ2n) is 6.14. The number of aromatic nitrogens is 1. The number of rotatable bonds is 7. The van der Waals surface area contributed by atoms with E-state index in [4.69, 9.17) is 0 Å². The van der Waals surface area contributed by atoms with Gasteiger partial charge in [0.15, 0.2) is 0 Å². The van der Waals surface area contributed by atoms with Crippen molar-refractivity contribution in [3.05, 3.63) is 65.5 Å². The van der Waals surface area contributed by atoms with Gasteiger partial charge in [-0.2, -0.15) is 0 Å². The van der Waals surface area contributed by atoms with E-state index in [1.165, 1.54) is 4.90 Å². The van der Waals surface area contributed by atoms with Gasteiger partial charge in [-0.15, -0.1) is 0 Å². The molecule has 0 atom stereocenters. The molecule has 3 amide bonds. The van der Waals surface area contributed by atoms with Crippen molar-refractivity contribution in [1.82, 2.24) is 14.8 Å². The van der Waals surface area contributed by atoms with Crippen LogP contribution in [0.5, 0.6) is 0 Å². The van der Waals surface area contributed by atoms with Gasteiger partial charge in [-0.05, 0) is 43.2 Å². The molecule has 26 heavy (non-hydrogen) atoms. The summed E-state index contributed by atoms with van der Waals surface area (Å²) >= 11 is 0. The van der Waals surface area contributed by atoms with E-state index in [9.17, 15) is 14.4 Å². The number of benzene rings is 1. The SMILES string of the molecule is CCN(CCc1ccncc1)C(=O)CCN1C(=O)c2ccccc2C1=O. The fourth-order valence-corrected chi connectivity index (χ4v) is 3.08. The summed E-state index contributed by atoms with van der Waals surface area (Å²) in [5.41, 5.74) is 1.94. The molecule has 0 aliphatic carbocycles. The van der Waals surface area contributed by atoms with Crippen LogP contribution in [0.25, 0.3) is 0 Å². The van der Waals surface area contributed by atoms with Crippen molar-refractivity contribution in [3.63, 3.8) is 0 Å². The molecule has 0 radical (unpaired) electrons. The minimum absolute atomic E-state index is 0.0573. The highest BCUT2D eigenvalue weighted by Crippen LogP contribution is 2.22. The summed E-state index contributed by atoms with van der Waals surface area (Å²) in [7, 11) is 0. The zero-order chi connectivity index (χ0) is 18.5. The van der Waals surface area contributed by atoms with Crippen molar-refractivity contribution < 1.29 is 14.4 Å². The van der Waals surface area contributed by atoms with Gasteiger partial charge in [-0.25, -0.2) is 0 Å². The Bertz CT molecular complexity index is 785. The van der Waals surface area contributed by atoms with Gasteiger partial charge in [0.1, 0.15) is 0 Å². The molecule has 0 bridgehead atoms. The van der Waals surface area contributed by atoms with Crippen LogP contribution in [-0.4, -0.2) is 52.1 Å². The Morgan fingerprint density at radius 2 is 1.65 bits per heavy atom. The van der Waals surface area contributed by atoms with Gasteiger partial charge in [-0.3, -0.25) is 24.3 Å². The Morgan fingerprint density at radius 1 is 1.04 bits per heavy atom. The highest BCUT2D eigenvalue weighted by atomic mass is 16.2. The van der Waals surface area contributed by atoms with Crippen molar-refractivity contribution in [2.24, 2.45) is 0 Å². The van der Waals surface area contributed by atoms with Gasteiger partial charge in [0.25, 0.3) is 11.8 Å². The van der Waals surface area contributed by atoms with Gasteiger partial charge in [0.2, 0.25) is 5.91 Å². The fraction of sp³-hybridized carbons (Fsp3) is 0.300. The number of carbonyl (C=O) groups excluding carboxylic acids is 3. The molecule has 1 aromatic heterocycles. The lowest BCUT2D eigenvalue weighted by Gasteiger charge is -2.22. The van der Waals surface area contributed by atoms with Crippen LogP contribution < -0.4 is 0 Å². The molecule has 0 N–H and O–H groups in total. The smallest absolute Gasteiger partial charge is 0.261 e. The summed E-state index contributed by atoms with van der Waals surface area (Å²) < 4.78 is 0. The number of fused-ring (bicyclic) bond motifs is 1. The lowest BCUT2D eigenvalue weighted by molar-refractivity contribution is -0.131. The van der Waals surface area contributed by atoms with E-state index >= 15 is 0 Å². The molecule has 6 nitrogen and oxygen atoms in total. The van der Waals surface area contributed by atoms with Crippen molar-refractivity contribution in [2.75, 3.05) is 19.6 Å². The van der Waals surface area contributed by atoms with Gasteiger partial charge < -0.3 is 4.90 Å². The van der Waals surface area contributed by atoms with Crippen LogP contribution in [0.2, 0.25) is 0 Å². The summed E-state index contributed by atoms with van der Waals surface area (Å²) in [6.45, 7) is 3.22. The number of likely N-dealkylation sites (N-methyl/N-ethyl adjacent to an activating group) is 1. The molecule has 0 saturated heterocycles. The molecule has 1 aliphatic rings. The minimum Gasteiger partial charge on any atom is -0.343 e. The Morgan fingerprint density at radius 3 is 2.23 bits per heavy atom. The number of carbonyl (C=O) groups is 3. The lowest BCUT2D eigenvalue weighted by Crippen LogP contribution is -2.37. The zero-order valence-electron chi connectivity index (χ0n) is 14.7. The molecule has 0 unspecified atom stereocenters. The molecule has 2 heterocycles. The van der Waals surface area contributed by atoms with Gasteiger partial charge in [0, 0.05) is 38.4 Å². The van der Waals surface area contributed by atoms with E-state index in [-0.39, 0.29) is 30.7 Å². The molecule has 2 aromatic rings. The Kier molecular flexibility index (Phi) is 5.41. The second kappa shape index (κ2) is 7.91. The Hall–Kier alpha value is -3.02. The topological polar surface area (TPSA) is 70.6 Å². The van der Waals surface area contributed by atoms with Crippen LogP contribution in [0, 0.1) is 0 Å². The van der Waals surface area contributed by atoms with E-state index in [1.807, 2.05) is 19.1 Å². The van der Waals surface area contributed by atoms with Crippen LogP contribution in [0.1, 0.15) is 39.6 Å². The van der Waals surface area contributed by atoms with E-state index in [0.29, 0.717) is 24.2 Å². The Labute approximate surface area is 152 Å². The van der Waals surface area contributed by atoms with Crippen LogP contribution in [0.15, 0.2) is 48.8 Å². The third kappa shape index (κ3) is 3.64. The normalized spacial score (nSPS) is 13.0. The fourth-order valence-electron chi connectivity index (χ4n) is 3.08. The summed E-state index contributed by atoms with van der Waals surface area (Å²) in [6.07, 6.45) is 4.34. The van der Waals surface area contributed by atoms with Crippen molar-refractivity contribution in [1.29, 1.82) is 0 Å². The second-order valence-corrected chi connectivity index (χ2v) is 6.14. The van der Waals surface area contributed by atoms with E-state index in [2.05, 4.69) is 4.98 Å². The lowest BCUT2D eigenvalue weighted by atomic mass is 10.1. The minimum atomic E-state index is -0.321. The first kappa shape index (κ1) is 17.8. The largest absolute Gasteiger partial charge is 0.343 e. The number of nitrogens with zero attached hydrogens (tertiary/aromatic N) is 3. The molecule has 1 aromatic carbocycles. The molecule has 0 saturated carbocycles. The third-order valence-corrected chi connectivity index (χ3v) is 4.58. The standard InChI is InChI=1S/C20H21N3O3/c1-2-22(13-9-15-7-11-21-12-8-15)18(24)10-14-23-19(25)16-5-3-4-6-17(16)20(23)26/h3-8,11-12H,2,9-10,13-14H2,1H3. The quantitative estimate of drug-likeness (QED) is 0.717. The average Bonchev–Trinajstić information content (AvgIpc) is 2.92. The monoisotopic (exact) mass is 351 g/mol. The highest BCUT2D eigenvalue weighted by Gasteiger charge is 2.35. The maximum atomic E-state index is 12.5. The maximum Gasteiger partial charge on any atom is 0.261 e. The van der Waals surface area contributed by atoms with E-state index in [1.54, 1.807) is 41.6 Å². The molecule has 134 valence electrons. The molecular formula is C20H21N3O3. The van der Waals surface area contributed by atoms with E-state index < -0.39 is 0 Å². The third-order valence-electron chi connectivity index (χ3n) is 4.58. The number of hydrogen-bond acceptors (Lipinski definition) is 4. The molecule has 0 spiro atoms. The number of pyridine rings is 1. The number of imide groups is 1. The van der Waals surface area contributed by atoms with Crippen LogP contribution in [-0.2, 0) is 11.2 Å². The first-order valence-corrected chi connectivity index (χ1v) is 8.73. The summed E-state index contributed by atoms with van der Waals surface area (Å²) in [5, 5.41) is 0. The molecule has 1 aliphatic heterocycles. The van der Waals surface area contributed by atoms with Crippen LogP contribution in [0.3, 0.4) is 0 Å². The first-order valence-electron chi connectivity index (χ1n) is 8.73. The molecule has 0 fully saturated rings. The van der Waals surface area contributed by atoms with Gasteiger partial charge in [-0.1, -0.05) is 12.1 Å². The molecular weight excluding hydrogens is 330 g/mol. The molecule has 6 heteroatoms. The van der Waals surface area contributed by atoms with Gasteiger partial charge in [0.05, 0.1) is 11.1 Å². The predicted octanol–water partition coefficient (Wildman–Crippen LogP) is 2.16. The van der Waals surface area contributed by atoms with E-state index in [0.717, 1.165) is 12.0 Å². The zero-order valence-corrected chi connectivity index (χ0v) is 14.7. The van der Waals surface area contributed by atoms with Crippen LogP contribution in [0.4, 0.5) is 0 Å². The highest BCUT2D eigenvalue weighted by molar-refractivity contribution is 6.21. The van der Waals surface area contributed by atoms with Crippen molar-refractivity contribution >= 4 is 17.7 Å². The first-order chi connectivity index (χ1) is 12.6. The van der Waals surface area contributed by atoms with Gasteiger partial charge >= 0.3 is 0 Å². The Balaban J connectivity index is 1.56. The summed E-state index contributed by atoms with van der Waals surface area (Å²) in [5.74, 6) is -0.699. The molecule has 3 rings (SSSR count). The van der Waals surface area contributed by atoms with Crippen LogP contribution >= 0.6 is 0 Å². The number of hydrogen-bond donors (Lipinski definition) is 0. The maximum absolute atomic E-state index is 12.5. The van der Waals surface area contributed by atoms with Crippen molar-refractivity contribution in [2.45, 2.75) is 19.8 Å². The van der Waals surface area contributed by atoms with Crippen molar-refractivity contribution in [3.8, 4) is 0 Å². The average molecular weight is 351 g/mol. The summed E-state index contributed by atoms with van der Waals surface area (Å²) in [6, 6.07) is 10.6. The predicted molar refractivity (Wildman–Crippen MR) is 96.6 cm³/mol.